The Bertz CT molecular complexity index is 724. The van der Waals surface area contributed by atoms with Crippen LogP contribution >= 0.6 is 0 Å². The Morgan fingerprint density at radius 2 is 2.04 bits per heavy atom. The summed E-state index contributed by atoms with van der Waals surface area (Å²) in [6.07, 6.45) is 2.13. The van der Waals surface area contributed by atoms with Gasteiger partial charge in [0.2, 0.25) is 0 Å². The second kappa shape index (κ2) is 6.93. The van der Waals surface area contributed by atoms with Gasteiger partial charge in [0, 0.05) is 12.7 Å². The molecule has 1 aromatic carbocycles. The highest BCUT2D eigenvalue weighted by molar-refractivity contribution is 5.92. The lowest BCUT2D eigenvalue weighted by molar-refractivity contribution is 0.0558. The van der Waals surface area contributed by atoms with Crippen LogP contribution in [-0.2, 0) is 6.54 Å². The molecule has 0 radical (unpaired) electrons. The number of hydrogen-bond acceptors (Lipinski definition) is 4. The fourth-order valence-electron chi connectivity index (χ4n) is 2.35. The topological polar surface area (TPSA) is 82.4 Å². The van der Waals surface area contributed by atoms with E-state index < -0.39 is 6.10 Å². The number of aromatic amines is 1. The van der Waals surface area contributed by atoms with Gasteiger partial charge in [-0.3, -0.25) is 9.89 Å². The third kappa shape index (κ3) is 3.67. The fourth-order valence-corrected chi connectivity index (χ4v) is 2.35. The molecule has 0 aliphatic carbocycles. The number of rotatable bonds is 6. The van der Waals surface area contributed by atoms with E-state index in [9.17, 15) is 9.90 Å². The Morgan fingerprint density at radius 3 is 2.70 bits per heavy atom. The summed E-state index contributed by atoms with van der Waals surface area (Å²) in [5.74, 6) is 0.206. The minimum atomic E-state index is -0.888. The molecule has 23 heavy (non-hydrogen) atoms. The van der Waals surface area contributed by atoms with E-state index in [0.29, 0.717) is 18.0 Å². The molecule has 3 aromatic rings. The molecule has 3 rings (SSSR count). The molecular formula is C17H17N3O3. The molecule has 1 amide bonds. The zero-order valence-corrected chi connectivity index (χ0v) is 12.4. The van der Waals surface area contributed by atoms with Gasteiger partial charge in [0.05, 0.1) is 12.8 Å². The lowest BCUT2D eigenvalue weighted by Gasteiger charge is -2.24. The number of carbonyl (C=O) groups is 1. The first-order chi connectivity index (χ1) is 11.2. The van der Waals surface area contributed by atoms with Crippen LogP contribution < -0.4 is 0 Å². The van der Waals surface area contributed by atoms with Gasteiger partial charge < -0.3 is 14.4 Å². The van der Waals surface area contributed by atoms with Crippen LogP contribution in [0.4, 0.5) is 0 Å². The maximum Gasteiger partial charge on any atom is 0.272 e. The minimum absolute atomic E-state index is 0.125. The lowest BCUT2D eigenvalue weighted by Crippen LogP contribution is -2.34. The molecule has 6 heteroatoms. The molecule has 0 spiro atoms. The van der Waals surface area contributed by atoms with Crippen molar-refractivity contribution in [3.05, 3.63) is 78.0 Å². The number of hydrogen-bond donors (Lipinski definition) is 2. The van der Waals surface area contributed by atoms with Crippen LogP contribution in [0.5, 0.6) is 0 Å². The molecule has 2 N–H and O–H groups in total. The SMILES string of the molecule is O=C(c1ccn[nH]1)N(Cc1ccccc1)CC(O)c1ccco1. The number of amides is 1. The van der Waals surface area contributed by atoms with E-state index in [2.05, 4.69) is 10.2 Å². The van der Waals surface area contributed by atoms with Gasteiger partial charge in [-0.15, -0.1) is 0 Å². The van der Waals surface area contributed by atoms with Crippen LogP contribution in [-0.4, -0.2) is 32.7 Å². The van der Waals surface area contributed by atoms with Crippen LogP contribution in [0.1, 0.15) is 27.9 Å². The summed E-state index contributed by atoms with van der Waals surface area (Å²) < 4.78 is 5.21. The first-order valence-electron chi connectivity index (χ1n) is 7.28. The number of nitrogens with zero attached hydrogens (tertiary/aromatic N) is 2. The first kappa shape index (κ1) is 15.1. The summed E-state index contributed by atoms with van der Waals surface area (Å²) in [6, 6.07) is 14.6. The van der Waals surface area contributed by atoms with Crippen LogP contribution in [0.2, 0.25) is 0 Å². The van der Waals surface area contributed by atoms with Crippen molar-refractivity contribution >= 4 is 5.91 Å². The number of aliphatic hydroxyl groups is 1. The van der Waals surface area contributed by atoms with Crippen LogP contribution in [0.25, 0.3) is 0 Å². The molecule has 1 atom stereocenters. The van der Waals surface area contributed by atoms with Gasteiger partial charge in [0.1, 0.15) is 17.6 Å². The number of nitrogens with one attached hydrogen (secondary N) is 1. The lowest BCUT2D eigenvalue weighted by atomic mass is 10.1. The third-order valence-electron chi connectivity index (χ3n) is 3.50. The zero-order valence-electron chi connectivity index (χ0n) is 12.4. The monoisotopic (exact) mass is 311 g/mol. The zero-order chi connectivity index (χ0) is 16.1. The molecule has 1 unspecified atom stereocenters. The van der Waals surface area contributed by atoms with Crippen molar-refractivity contribution < 1.29 is 14.3 Å². The van der Waals surface area contributed by atoms with Crippen molar-refractivity contribution in [2.75, 3.05) is 6.54 Å². The average Bonchev–Trinajstić information content (AvgIpc) is 3.27. The van der Waals surface area contributed by atoms with Crippen molar-refractivity contribution in [3.63, 3.8) is 0 Å². The Labute approximate surface area is 133 Å². The summed E-state index contributed by atoms with van der Waals surface area (Å²) in [4.78, 5) is 14.2. The number of aromatic nitrogens is 2. The molecule has 6 nitrogen and oxygen atoms in total. The molecule has 0 aliphatic heterocycles. The molecule has 2 aromatic heterocycles. The maximum atomic E-state index is 12.6. The first-order valence-corrected chi connectivity index (χ1v) is 7.28. The Balaban J connectivity index is 1.79. The van der Waals surface area contributed by atoms with Gasteiger partial charge in [-0.1, -0.05) is 30.3 Å². The summed E-state index contributed by atoms with van der Waals surface area (Å²) in [5, 5.41) is 16.8. The van der Waals surface area contributed by atoms with Crippen molar-refractivity contribution in [2.45, 2.75) is 12.6 Å². The smallest absolute Gasteiger partial charge is 0.272 e. The van der Waals surface area contributed by atoms with Crippen molar-refractivity contribution in [1.82, 2.24) is 15.1 Å². The van der Waals surface area contributed by atoms with Crippen molar-refractivity contribution in [3.8, 4) is 0 Å². The van der Waals surface area contributed by atoms with E-state index in [1.807, 2.05) is 30.3 Å². The summed E-state index contributed by atoms with van der Waals surface area (Å²) in [6.45, 7) is 0.511. The largest absolute Gasteiger partial charge is 0.467 e. The number of benzene rings is 1. The molecule has 0 saturated carbocycles. The van der Waals surface area contributed by atoms with E-state index in [0.717, 1.165) is 5.56 Å². The normalized spacial score (nSPS) is 12.0. The maximum absolute atomic E-state index is 12.6. The number of furan rings is 1. The van der Waals surface area contributed by atoms with Gasteiger partial charge in [-0.2, -0.15) is 5.10 Å². The van der Waals surface area contributed by atoms with Gasteiger partial charge in [0.25, 0.3) is 5.91 Å². The van der Waals surface area contributed by atoms with E-state index in [4.69, 9.17) is 4.42 Å². The second-order valence-corrected chi connectivity index (χ2v) is 5.17. The third-order valence-corrected chi connectivity index (χ3v) is 3.50. The number of aliphatic hydroxyl groups excluding tert-OH is 1. The van der Waals surface area contributed by atoms with Gasteiger partial charge in [0.15, 0.2) is 0 Å². The Hall–Kier alpha value is -2.86. The fraction of sp³-hybridized carbons (Fsp3) is 0.176. The molecule has 0 bridgehead atoms. The standard InChI is InChI=1S/C17H17N3O3/c21-15(16-7-4-10-23-16)12-20(11-13-5-2-1-3-6-13)17(22)14-8-9-18-19-14/h1-10,15,21H,11-12H2,(H,18,19). The predicted octanol–water partition coefficient (Wildman–Crippen LogP) is 2.38. The minimum Gasteiger partial charge on any atom is -0.467 e. The van der Waals surface area contributed by atoms with E-state index in [-0.39, 0.29) is 12.5 Å². The highest BCUT2D eigenvalue weighted by atomic mass is 16.4. The molecule has 0 saturated heterocycles. The Morgan fingerprint density at radius 1 is 1.22 bits per heavy atom. The summed E-state index contributed by atoms with van der Waals surface area (Å²) in [7, 11) is 0. The summed E-state index contributed by atoms with van der Waals surface area (Å²) >= 11 is 0. The van der Waals surface area contributed by atoms with Gasteiger partial charge in [-0.25, -0.2) is 0 Å². The summed E-state index contributed by atoms with van der Waals surface area (Å²) in [5.41, 5.74) is 1.36. The Kier molecular flexibility index (Phi) is 4.54. The van der Waals surface area contributed by atoms with Crippen molar-refractivity contribution in [2.24, 2.45) is 0 Å². The highest BCUT2D eigenvalue weighted by Crippen LogP contribution is 2.17. The molecular weight excluding hydrogens is 294 g/mol. The van der Waals surface area contributed by atoms with Crippen LogP contribution in [0.15, 0.2) is 65.4 Å². The number of carbonyl (C=O) groups excluding carboxylic acids is 1. The second-order valence-electron chi connectivity index (χ2n) is 5.17. The van der Waals surface area contributed by atoms with E-state index in [1.165, 1.54) is 12.5 Å². The molecule has 0 aliphatic rings. The highest BCUT2D eigenvalue weighted by Gasteiger charge is 2.22. The van der Waals surface area contributed by atoms with Crippen molar-refractivity contribution in [1.29, 1.82) is 0 Å². The van der Waals surface area contributed by atoms with Crippen LogP contribution in [0, 0.1) is 0 Å². The molecule has 2 heterocycles. The average molecular weight is 311 g/mol. The molecule has 0 fully saturated rings. The van der Waals surface area contributed by atoms with Crippen LogP contribution in [0.3, 0.4) is 0 Å². The quantitative estimate of drug-likeness (QED) is 0.732. The molecule has 118 valence electrons. The van der Waals surface area contributed by atoms with Gasteiger partial charge in [-0.05, 0) is 23.8 Å². The van der Waals surface area contributed by atoms with Gasteiger partial charge >= 0.3 is 0 Å². The number of H-pyrrole nitrogens is 1. The van der Waals surface area contributed by atoms with E-state index >= 15 is 0 Å². The van der Waals surface area contributed by atoms with E-state index in [1.54, 1.807) is 23.1 Å². The predicted molar refractivity (Wildman–Crippen MR) is 83.4 cm³/mol.